The number of ether oxygens (including phenoxy) is 2. The van der Waals surface area contributed by atoms with Crippen LogP contribution < -0.4 is 20.7 Å². The van der Waals surface area contributed by atoms with Crippen LogP contribution in [-0.2, 0) is 14.6 Å². The Bertz CT molecular complexity index is 1490. The molecule has 0 fully saturated rings. The first-order valence-electron chi connectivity index (χ1n) is 13.9. The zero-order valence-electron chi connectivity index (χ0n) is 25.6. The van der Waals surface area contributed by atoms with E-state index in [0.717, 1.165) is 16.8 Å². The summed E-state index contributed by atoms with van der Waals surface area (Å²) in [5.41, 5.74) is 4.19. The molecule has 1 aliphatic heterocycles. The minimum atomic E-state index is -1.97. The van der Waals surface area contributed by atoms with Crippen LogP contribution in [0.25, 0.3) is 11.3 Å². The van der Waals surface area contributed by atoms with Gasteiger partial charge < -0.3 is 29.9 Å². The smallest absolute Gasteiger partial charge is 0.239 e. The van der Waals surface area contributed by atoms with Crippen LogP contribution >= 0.6 is 11.6 Å². The van der Waals surface area contributed by atoms with Gasteiger partial charge in [-0.1, -0.05) is 39.3 Å². The van der Waals surface area contributed by atoms with Crippen molar-refractivity contribution in [1.82, 2.24) is 15.0 Å². The molecule has 3 heterocycles. The van der Waals surface area contributed by atoms with Crippen LogP contribution in [0.15, 0.2) is 30.5 Å². The summed E-state index contributed by atoms with van der Waals surface area (Å²) in [6, 6.07) is 9.87. The zero-order chi connectivity index (χ0) is 30.7. The Morgan fingerprint density at radius 1 is 1.19 bits per heavy atom. The third kappa shape index (κ3) is 6.62. The summed E-state index contributed by atoms with van der Waals surface area (Å²) in [4.78, 5) is 13.6. The maximum absolute atomic E-state index is 10.0. The van der Waals surface area contributed by atoms with Crippen molar-refractivity contribution >= 4 is 43.1 Å². The van der Waals surface area contributed by atoms with E-state index in [9.17, 15) is 5.26 Å². The third-order valence-corrected chi connectivity index (χ3v) is 12.8. The molecule has 10 nitrogen and oxygen atoms in total. The van der Waals surface area contributed by atoms with Crippen LogP contribution in [0.3, 0.4) is 0 Å². The van der Waals surface area contributed by atoms with Gasteiger partial charge in [0.25, 0.3) is 0 Å². The highest BCUT2D eigenvalue weighted by molar-refractivity contribution is 6.74. The van der Waals surface area contributed by atoms with Crippen LogP contribution in [0.1, 0.15) is 38.8 Å². The second-order valence-corrected chi connectivity index (χ2v) is 17.4. The molecule has 0 aliphatic carbocycles. The van der Waals surface area contributed by atoms with E-state index < -0.39 is 8.32 Å². The molecule has 0 bridgehead atoms. The maximum Gasteiger partial charge on any atom is 0.239 e. The second-order valence-electron chi connectivity index (χ2n) is 12.2. The first-order valence-corrected chi connectivity index (χ1v) is 17.1. The molecule has 2 aromatic heterocycles. The highest BCUT2D eigenvalue weighted by Crippen LogP contribution is 2.44. The summed E-state index contributed by atoms with van der Waals surface area (Å²) in [6.07, 6.45) is 1.67. The Balaban J connectivity index is 1.64. The van der Waals surface area contributed by atoms with E-state index in [4.69, 9.17) is 30.5 Å². The summed E-state index contributed by atoms with van der Waals surface area (Å²) in [6.45, 7) is 15.7. The number of nitrogens with one attached hydrogen (secondary N) is 3. The molecular weight excluding hydrogens is 570 g/mol. The standard InChI is InChI=1S/C30H40ClN7O3Si/c1-29(2,3)42(7,8)41-18-30(4)17-35-25-20(16-32)13-19(14-21(25)30)23-9-10-34-28(36-23)37-24-15-22(31)26(33-11-12-39-5)38-27(24)40-6/h9-10,13-15,35H,11-12,17-18H2,1-8H3,(H,33,38)(H,34,36,37)/t30-/m0/s1. The highest BCUT2D eigenvalue weighted by Gasteiger charge is 2.42. The molecule has 1 aliphatic rings. The molecule has 0 spiro atoms. The molecule has 0 saturated heterocycles. The molecule has 42 heavy (non-hydrogen) atoms. The summed E-state index contributed by atoms with van der Waals surface area (Å²) >= 11 is 6.48. The molecule has 0 radical (unpaired) electrons. The van der Waals surface area contributed by atoms with Crippen molar-refractivity contribution in [3.8, 4) is 23.2 Å². The van der Waals surface area contributed by atoms with Crippen molar-refractivity contribution in [2.45, 2.75) is 51.2 Å². The summed E-state index contributed by atoms with van der Waals surface area (Å²) < 4.78 is 17.2. The van der Waals surface area contributed by atoms with Gasteiger partial charge in [-0.2, -0.15) is 10.2 Å². The lowest BCUT2D eigenvalue weighted by Crippen LogP contribution is -2.45. The molecule has 3 N–H and O–H groups in total. The minimum Gasteiger partial charge on any atom is -0.479 e. The van der Waals surface area contributed by atoms with Gasteiger partial charge in [0.05, 0.1) is 35.7 Å². The van der Waals surface area contributed by atoms with Gasteiger partial charge in [0.2, 0.25) is 11.8 Å². The van der Waals surface area contributed by atoms with Crippen LogP contribution in [0.5, 0.6) is 5.88 Å². The quantitative estimate of drug-likeness (QED) is 0.162. The first-order chi connectivity index (χ1) is 19.8. The van der Waals surface area contributed by atoms with Gasteiger partial charge in [0, 0.05) is 44.0 Å². The van der Waals surface area contributed by atoms with E-state index in [2.05, 4.69) is 78.8 Å². The van der Waals surface area contributed by atoms with Crippen molar-refractivity contribution < 1.29 is 13.9 Å². The number of nitrogens with zero attached hydrogens (tertiary/aromatic N) is 4. The van der Waals surface area contributed by atoms with E-state index in [0.29, 0.717) is 65.9 Å². The van der Waals surface area contributed by atoms with Crippen molar-refractivity contribution in [3.63, 3.8) is 0 Å². The molecule has 0 amide bonds. The average molecular weight is 610 g/mol. The monoisotopic (exact) mass is 609 g/mol. The molecule has 4 rings (SSSR count). The molecule has 12 heteroatoms. The van der Waals surface area contributed by atoms with E-state index in [1.54, 1.807) is 19.4 Å². The van der Waals surface area contributed by atoms with E-state index in [1.165, 1.54) is 7.11 Å². The molecule has 224 valence electrons. The number of aromatic nitrogens is 3. The number of rotatable bonds is 11. The summed E-state index contributed by atoms with van der Waals surface area (Å²) in [5, 5.41) is 20.3. The topological polar surface area (TPSA) is 126 Å². The predicted molar refractivity (Wildman–Crippen MR) is 171 cm³/mol. The highest BCUT2D eigenvalue weighted by atomic mass is 35.5. The third-order valence-electron chi connectivity index (χ3n) is 8.05. The van der Waals surface area contributed by atoms with Gasteiger partial charge in [-0.05, 0) is 48.0 Å². The van der Waals surface area contributed by atoms with Crippen molar-refractivity contribution in [2.24, 2.45) is 0 Å². The van der Waals surface area contributed by atoms with Crippen LogP contribution in [-0.4, -0.2) is 63.8 Å². The lowest BCUT2D eigenvalue weighted by Gasteiger charge is -2.39. The second kappa shape index (κ2) is 12.4. The first kappa shape index (κ1) is 31.5. The van der Waals surface area contributed by atoms with Gasteiger partial charge in [-0.3, -0.25) is 0 Å². The summed E-state index contributed by atoms with van der Waals surface area (Å²) in [5.74, 6) is 1.16. The molecular formula is C30H40ClN7O3Si. The van der Waals surface area contributed by atoms with Crippen LogP contribution in [0.2, 0.25) is 23.2 Å². The average Bonchev–Trinajstić information content (AvgIpc) is 3.29. The SMILES string of the molecule is COCCNc1nc(OC)c(Nc2nccc(-c3cc(C#N)c4c(c3)[C@](C)(CO[Si](C)(C)C(C)(C)C)CN4)n2)cc1Cl. The number of methoxy groups -OCH3 is 2. The van der Waals surface area contributed by atoms with E-state index >= 15 is 0 Å². The number of hydrogen-bond acceptors (Lipinski definition) is 10. The number of pyridine rings is 1. The van der Waals surface area contributed by atoms with Gasteiger partial charge in [-0.25, -0.2) is 9.97 Å². The van der Waals surface area contributed by atoms with E-state index in [-0.39, 0.29) is 10.5 Å². The van der Waals surface area contributed by atoms with Crippen molar-refractivity contribution in [3.05, 3.63) is 46.6 Å². The fraction of sp³-hybridized carbons (Fsp3) is 0.467. The van der Waals surface area contributed by atoms with Gasteiger partial charge in [0.1, 0.15) is 17.6 Å². The lowest BCUT2D eigenvalue weighted by atomic mass is 9.83. The fourth-order valence-electron chi connectivity index (χ4n) is 4.42. The molecule has 1 atom stereocenters. The number of anilines is 4. The van der Waals surface area contributed by atoms with Crippen molar-refractivity contribution in [2.75, 3.05) is 56.5 Å². The number of nitriles is 1. The van der Waals surface area contributed by atoms with Crippen LogP contribution in [0.4, 0.5) is 23.1 Å². The number of hydrogen-bond donors (Lipinski definition) is 3. The number of fused-ring (bicyclic) bond motifs is 1. The molecule has 3 aromatic rings. The Morgan fingerprint density at radius 2 is 1.95 bits per heavy atom. The lowest BCUT2D eigenvalue weighted by molar-refractivity contribution is 0.210. The predicted octanol–water partition coefficient (Wildman–Crippen LogP) is 6.58. The number of halogens is 1. The largest absolute Gasteiger partial charge is 0.479 e. The molecule has 1 aromatic carbocycles. The van der Waals surface area contributed by atoms with Gasteiger partial charge in [0.15, 0.2) is 8.32 Å². The Labute approximate surface area is 254 Å². The van der Waals surface area contributed by atoms with Crippen LogP contribution in [0, 0.1) is 11.3 Å². The molecule has 0 saturated carbocycles. The Hall–Kier alpha value is -3.43. The zero-order valence-corrected chi connectivity index (χ0v) is 27.4. The maximum atomic E-state index is 10.0. The van der Waals surface area contributed by atoms with Crippen molar-refractivity contribution in [1.29, 1.82) is 5.26 Å². The molecule has 0 unspecified atom stereocenters. The minimum absolute atomic E-state index is 0.103. The fourth-order valence-corrected chi connectivity index (χ4v) is 5.75. The Morgan fingerprint density at radius 3 is 2.62 bits per heavy atom. The normalized spacial score (nSPS) is 16.4. The summed E-state index contributed by atoms with van der Waals surface area (Å²) in [7, 11) is 1.20. The number of benzene rings is 1. The van der Waals surface area contributed by atoms with Gasteiger partial charge in [-0.15, -0.1) is 0 Å². The van der Waals surface area contributed by atoms with Gasteiger partial charge >= 0.3 is 0 Å². The van der Waals surface area contributed by atoms with E-state index in [1.807, 2.05) is 12.1 Å². The Kier molecular flexibility index (Phi) is 9.32.